The topological polar surface area (TPSA) is 110 Å². The summed E-state index contributed by atoms with van der Waals surface area (Å²) in [6.45, 7) is 0. The molecule has 12 heteroatoms. The van der Waals surface area contributed by atoms with Crippen molar-refractivity contribution in [2.24, 2.45) is 0 Å². The van der Waals surface area contributed by atoms with E-state index in [-0.39, 0.29) is 11.4 Å². The van der Waals surface area contributed by atoms with Crippen molar-refractivity contribution in [1.29, 1.82) is 0 Å². The zero-order valence-electron chi connectivity index (χ0n) is 14.9. The summed E-state index contributed by atoms with van der Waals surface area (Å²) in [6, 6.07) is 4.77. The highest BCUT2D eigenvalue weighted by molar-refractivity contribution is 6.30. The number of alkyl halides is 3. The normalized spacial score (nSPS) is 13.1. The average Bonchev–Trinajstić information content (AvgIpc) is 2.72. The first kappa shape index (κ1) is 21.4. The zero-order chi connectivity index (χ0) is 21.8. The lowest BCUT2D eigenvalue weighted by atomic mass is 10.1. The van der Waals surface area contributed by atoms with Gasteiger partial charge in [-0.2, -0.15) is 9.78 Å². The van der Waals surface area contributed by atoms with Crippen LogP contribution in [0.25, 0.3) is 16.9 Å². The molecule has 3 rings (SSSR count). The van der Waals surface area contributed by atoms with E-state index in [2.05, 4.69) is 15.1 Å². The van der Waals surface area contributed by atoms with Crippen LogP contribution in [0.4, 0.5) is 13.2 Å². The zero-order valence-corrected chi connectivity index (χ0v) is 15.7. The molecule has 2 aromatic heterocycles. The van der Waals surface area contributed by atoms with Crippen LogP contribution < -0.4 is 10.9 Å². The molecule has 0 fully saturated rings. The number of hydrogen-bond donors (Lipinski definition) is 2. The average molecular weight is 440 g/mol. The summed E-state index contributed by atoms with van der Waals surface area (Å²) < 4.78 is 39.7. The molecule has 0 aliphatic carbocycles. The Hall–Kier alpha value is -3.31. The predicted octanol–water partition coefficient (Wildman–Crippen LogP) is 1.99. The number of aromatic nitrogens is 4. The molecule has 2 atom stereocenters. The Bertz CT molecular complexity index is 1090. The minimum Gasteiger partial charge on any atom is -0.362 e. The van der Waals surface area contributed by atoms with Crippen LogP contribution in [0.2, 0.25) is 5.02 Å². The van der Waals surface area contributed by atoms with Crippen LogP contribution in [0.3, 0.4) is 0 Å². The van der Waals surface area contributed by atoms with Gasteiger partial charge in [0.1, 0.15) is 23.6 Å². The highest BCUT2D eigenvalue weighted by atomic mass is 35.5. The quantitative estimate of drug-likeness (QED) is 0.608. The first-order valence-corrected chi connectivity index (χ1v) is 8.72. The van der Waals surface area contributed by atoms with E-state index in [4.69, 9.17) is 16.7 Å². The van der Waals surface area contributed by atoms with Crippen molar-refractivity contribution in [2.45, 2.75) is 18.8 Å². The summed E-state index contributed by atoms with van der Waals surface area (Å²) in [7, 11) is 0. The van der Waals surface area contributed by atoms with Crippen LogP contribution in [0.5, 0.6) is 0 Å². The number of carbonyl (C=O) groups excluding carboxylic acids is 1. The fourth-order valence-corrected chi connectivity index (χ4v) is 2.60. The predicted molar refractivity (Wildman–Crippen MR) is 100 cm³/mol. The third kappa shape index (κ3) is 4.63. The number of aliphatic hydroxyl groups excluding tert-OH is 1. The van der Waals surface area contributed by atoms with Crippen LogP contribution in [0.15, 0.2) is 53.8 Å². The van der Waals surface area contributed by atoms with Crippen molar-refractivity contribution in [2.75, 3.05) is 0 Å². The van der Waals surface area contributed by atoms with Crippen LogP contribution in [-0.4, -0.2) is 49.6 Å². The van der Waals surface area contributed by atoms with Gasteiger partial charge in [0.05, 0.1) is 18.1 Å². The monoisotopic (exact) mass is 439 g/mol. The minimum absolute atomic E-state index is 0.100. The number of carbonyl (C=O) groups is 1. The summed E-state index contributed by atoms with van der Waals surface area (Å²) in [5.41, 5.74) is -0.917. The SMILES string of the molecule is O=C(N[C@H](C(O)F)C(F)F)c1cc(-c2ccc(Cl)cc2)nn(-c2cncnc2)c1=O. The molecule has 0 aliphatic heterocycles. The summed E-state index contributed by atoms with van der Waals surface area (Å²) in [4.78, 5) is 32.8. The van der Waals surface area contributed by atoms with E-state index in [1.807, 2.05) is 0 Å². The summed E-state index contributed by atoms with van der Waals surface area (Å²) in [6.07, 6.45) is -2.72. The maximum atomic E-state index is 13.1. The van der Waals surface area contributed by atoms with Gasteiger partial charge in [-0.3, -0.25) is 9.59 Å². The van der Waals surface area contributed by atoms with E-state index in [9.17, 15) is 22.8 Å². The number of halogens is 4. The van der Waals surface area contributed by atoms with Gasteiger partial charge in [-0.1, -0.05) is 23.7 Å². The molecule has 0 radical (unpaired) electrons. The fraction of sp³-hybridized carbons (Fsp3) is 0.167. The van der Waals surface area contributed by atoms with Crippen LogP contribution in [0, 0.1) is 0 Å². The van der Waals surface area contributed by atoms with E-state index < -0.39 is 35.9 Å². The molecule has 0 saturated heterocycles. The molecule has 156 valence electrons. The van der Waals surface area contributed by atoms with Gasteiger partial charge in [0.2, 0.25) is 6.36 Å². The Morgan fingerprint density at radius 1 is 1.13 bits per heavy atom. The summed E-state index contributed by atoms with van der Waals surface area (Å²) >= 11 is 5.86. The molecular weight excluding hydrogens is 427 g/mol. The lowest BCUT2D eigenvalue weighted by Gasteiger charge is -2.18. The van der Waals surface area contributed by atoms with Gasteiger partial charge < -0.3 is 10.4 Å². The molecule has 1 aromatic carbocycles. The van der Waals surface area contributed by atoms with Gasteiger partial charge in [0, 0.05) is 10.6 Å². The molecule has 2 N–H and O–H groups in total. The lowest BCUT2D eigenvalue weighted by molar-refractivity contribution is -0.0481. The number of nitrogens with zero attached hydrogens (tertiary/aromatic N) is 4. The maximum Gasteiger partial charge on any atom is 0.284 e. The van der Waals surface area contributed by atoms with E-state index in [1.54, 1.807) is 29.6 Å². The molecule has 8 nitrogen and oxygen atoms in total. The summed E-state index contributed by atoms with van der Waals surface area (Å²) in [5, 5.41) is 15.1. The largest absolute Gasteiger partial charge is 0.362 e. The van der Waals surface area contributed by atoms with Gasteiger partial charge >= 0.3 is 0 Å². The minimum atomic E-state index is -3.41. The standard InChI is InChI=1S/C18H13ClF3N5O3/c19-10-3-1-9(2-4-10)13-5-12(17(29)25-14(15(20)21)16(22)28)18(30)27(26-13)11-6-23-8-24-7-11/h1-8,14-16,28H,(H,25,29)/t14-,16?/m0/s1. The van der Waals surface area contributed by atoms with E-state index in [1.165, 1.54) is 18.7 Å². The van der Waals surface area contributed by atoms with E-state index in [0.717, 1.165) is 10.7 Å². The van der Waals surface area contributed by atoms with Crippen molar-refractivity contribution >= 4 is 17.5 Å². The molecule has 1 unspecified atom stereocenters. The van der Waals surface area contributed by atoms with Crippen molar-refractivity contribution in [3.05, 3.63) is 70.0 Å². The van der Waals surface area contributed by atoms with Crippen LogP contribution >= 0.6 is 11.6 Å². The second-order valence-corrected chi connectivity index (χ2v) is 6.41. The van der Waals surface area contributed by atoms with Crippen LogP contribution in [-0.2, 0) is 0 Å². The number of amides is 1. The second kappa shape index (κ2) is 9.01. The Kier molecular flexibility index (Phi) is 6.43. The maximum absolute atomic E-state index is 13.1. The van der Waals surface area contributed by atoms with Gasteiger partial charge in [-0.25, -0.2) is 23.1 Å². The highest BCUT2D eigenvalue weighted by Gasteiger charge is 2.31. The molecule has 30 heavy (non-hydrogen) atoms. The molecule has 3 aromatic rings. The molecular formula is C18H13ClF3N5O3. The number of benzene rings is 1. The first-order chi connectivity index (χ1) is 14.3. The number of aliphatic hydroxyl groups is 1. The Balaban J connectivity index is 2.14. The Morgan fingerprint density at radius 2 is 1.77 bits per heavy atom. The van der Waals surface area contributed by atoms with E-state index >= 15 is 0 Å². The molecule has 0 aliphatic rings. The number of nitrogens with one attached hydrogen (secondary N) is 1. The molecule has 0 saturated carbocycles. The summed E-state index contributed by atoms with van der Waals surface area (Å²) in [5.74, 6) is -1.31. The third-order valence-electron chi connectivity index (χ3n) is 3.95. The first-order valence-electron chi connectivity index (χ1n) is 8.35. The van der Waals surface area contributed by atoms with Crippen LogP contribution in [0.1, 0.15) is 10.4 Å². The van der Waals surface area contributed by atoms with Gasteiger partial charge in [-0.15, -0.1) is 0 Å². The smallest absolute Gasteiger partial charge is 0.284 e. The van der Waals surface area contributed by atoms with E-state index in [0.29, 0.717) is 10.6 Å². The highest BCUT2D eigenvalue weighted by Crippen LogP contribution is 2.20. The van der Waals surface area contributed by atoms with Crippen molar-refractivity contribution < 1.29 is 23.1 Å². The van der Waals surface area contributed by atoms with Crippen molar-refractivity contribution in [3.63, 3.8) is 0 Å². The Morgan fingerprint density at radius 3 is 2.33 bits per heavy atom. The molecule has 2 heterocycles. The lowest BCUT2D eigenvalue weighted by Crippen LogP contribution is -2.48. The third-order valence-corrected chi connectivity index (χ3v) is 4.21. The van der Waals surface area contributed by atoms with Crippen molar-refractivity contribution in [3.8, 4) is 16.9 Å². The number of hydrogen-bond acceptors (Lipinski definition) is 6. The van der Waals surface area contributed by atoms with Gasteiger partial charge in [0.25, 0.3) is 17.9 Å². The molecule has 0 bridgehead atoms. The number of rotatable bonds is 6. The molecule has 0 spiro atoms. The second-order valence-electron chi connectivity index (χ2n) is 5.97. The van der Waals surface area contributed by atoms with Gasteiger partial charge in [-0.05, 0) is 18.2 Å². The molecule has 1 amide bonds. The van der Waals surface area contributed by atoms with Gasteiger partial charge in [0.15, 0.2) is 0 Å². The Labute approximate surface area is 172 Å². The van der Waals surface area contributed by atoms with Crippen molar-refractivity contribution in [1.82, 2.24) is 25.1 Å². The fourth-order valence-electron chi connectivity index (χ4n) is 2.48.